The van der Waals surface area contributed by atoms with E-state index in [0.29, 0.717) is 43.9 Å². The van der Waals surface area contributed by atoms with Gasteiger partial charge in [0.05, 0.1) is 17.2 Å². The van der Waals surface area contributed by atoms with Crippen LogP contribution in [0.4, 0.5) is 10.5 Å². The summed E-state index contributed by atoms with van der Waals surface area (Å²) in [6, 6.07) is 8.51. The summed E-state index contributed by atoms with van der Waals surface area (Å²) in [6.07, 6.45) is 1.41. The van der Waals surface area contributed by atoms with Gasteiger partial charge in [-0.25, -0.2) is 4.79 Å². The maximum absolute atomic E-state index is 12.8. The largest absolute Gasteiger partial charge is 0.351 e. The average Bonchev–Trinajstić information content (AvgIpc) is 2.67. The number of carbonyl (C=O) groups excluding carboxylic acids is 3. The summed E-state index contributed by atoms with van der Waals surface area (Å²) >= 11 is 0. The Hall–Kier alpha value is -3.08. The molecule has 0 aromatic heterocycles. The topological polar surface area (TPSA) is 111 Å². The normalized spacial score (nSPS) is 20.7. The maximum Gasteiger partial charge on any atom is 0.314 e. The number of anilines is 1. The van der Waals surface area contributed by atoms with E-state index in [1.54, 1.807) is 34.1 Å². The van der Waals surface area contributed by atoms with Crippen molar-refractivity contribution in [3.8, 4) is 6.07 Å². The quantitative estimate of drug-likeness (QED) is 0.834. The Morgan fingerprint density at radius 2 is 1.92 bits per heavy atom. The molecule has 0 saturated carbocycles. The fraction of sp³-hybridized carbons (Fsp3) is 0.444. The van der Waals surface area contributed by atoms with Gasteiger partial charge in [-0.1, -0.05) is 12.1 Å². The molecule has 2 heterocycles. The van der Waals surface area contributed by atoms with Crippen molar-refractivity contribution in [2.24, 2.45) is 11.7 Å². The molecule has 0 bridgehead atoms. The minimum Gasteiger partial charge on any atom is -0.351 e. The zero-order valence-electron chi connectivity index (χ0n) is 14.4. The minimum atomic E-state index is -0.517. The number of primary amides is 1. The molecule has 1 atom stereocenters. The number of piperidine rings is 1. The molecule has 2 N–H and O–H groups in total. The van der Waals surface area contributed by atoms with Crippen molar-refractivity contribution in [3.63, 3.8) is 0 Å². The van der Waals surface area contributed by atoms with Crippen molar-refractivity contribution in [2.45, 2.75) is 12.8 Å². The van der Waals surface area contributed by atoms with Crippen molar-refractivity contribution in [3.05, 3.63) is 29.8 Å². The first kappa shape index (κ1) is 17.7. The molecule has 2 fully saturated rings. The van der Waals surface area contributed by atoms with Gasteiger partial charge >= 0.3 is 6.03 Å². The van der Waals surface area contributed by atoms with Gasteiger partial charge in [0, 0.05) is 26.2 Å². The summed E-state index contributed by atoms with van der Waals surface area (Å²) in [7, 11) is 0. The SMILES string of the molecule is N#Cc1ccccc1N1CCN(C(=O)[C@H]2CCCN(C(N)=O)C2)CC1=O. The molecule has 0 spiro atoms. The van der Waals surface area contributed by atoms with E-state index in [2.05, 4.69) is 6.07 Å². The zero-order chi connectivity index (χ0) is 18.7. The number of para-hydroxylation sites is 1. The molecule has 3 rings (SSSR count). The molecule has 4 amide bonds. The van der Waals surface area contributed by atoms with Crippen LogP contribution < -0.4 is 10.6 Å². The van der Waals surface area contributed by atoms with E-state index < -0.39 is 6.03 Å². The Morgan fingerprint density at radius 3 is 2.62 bits per heavy atom. The van der Waals surface area contributed by atoms with Crippen LogP contribution in [0.5, 0.6) is 0 Å². The van der Waals surface area contributed by atoms with Crippen LogP contribution in [0.3, 0.4) is 0 Å². The van der Waals surface area contributed by atoms with Crippen molar-refractivity contribution >= 4 is 23.5 Å². The highest BCUT2D eigenvalue weighted by Gasteiger charge is 2.35. The fourth-order valence-electron chi connectivity index (χ4n) is 3.56. The summed E-state index contributed by atoms with van der Waals surface area (Å²) in [4.78, 5) is 41.3. The van der Waals surface area contributed by atoms with Crippen LogP contribution in [0.25, 0.3) is 0 Å². The smallest absolute Gasteiger partial charge is 0.314 e. The predicted octanol–water partition coefficient (Wildman–Crippen LogP) is 0.524. The highest BCUT2D eigenvalue weighted by Crippen LogP contribution is 2.24. The summed E-state index contributed by atoms with van der Waals surface area (Å²) in [5, 5.41) is 9.22. The second-order valence-electron chi connectivity index (χ2n) is 6.56. The Morgan fingerprint density at radius 1 is 1.15 bits per heavy atom. The number of nitrogens with two attached hydrogens (primary N) is 1. The third-order valence-corrected chi connectivity index (χ3v) is 4.93. The van der Waals surface area contributed by atoms with Crippen LogP contribution in [0, 0.1) is 17.2 Å². The summed E-state index contributed by atoms with van der Waals surface area (Å²) in [6.45, 7) is 1.59. The molecule has 136 valence electrons. The number of amides is 4. The van der Waals surface area contributed by atoms with Crippen LogP contribution in [-0.2, 0) is 9.59 Å². The van der Waals surface area contributed by atoms with Gasteiger partial charge in [0.25, 0.3) is 0 Å². The third-order valence-electron chi connectivity index (χ3n) is 4.93. The van der Waals surface area contributed by atoms with Crippen LogP contribution in [-0.4, -0.2) is 60.4 Å². The van der Waals surface area contributed by atoms with Gasteiger partial charge in [0.15, 0.2) is 0 Å². The number of rotatable bonds is 2. The molecule has 0 radical (unpaired) electrons. The second kappa shape index (κ2) is 7.44. The molecule has 0 unspecified atom stereocenters. The number of carbonyl (C=O) groups is 3. The van der Waals surface area contributed by atoms with Crippen molar-refractivity contribution in [1.29, 1.82) is 5.26 Å². The monoisotopic (exact) mass is 355 g/mol. The first-order valence-corrected chi connectivity index (χ1v) is 8.64. The number of benzene rings is 1. The van der Waals surface area contributed by atoms with Gasteiger partial charge < -0.3 is 20.4 Å². The first-order chi connectivity index (χ1) is 12.5. The molecular weight excluding hydrogens is 334 g/mol. The van der Waals surface area contributed by atoms with E-state index in [9.17, 15) is 19.6 Å². The van der Waals surface area contributed by atoms with Crippen molar-refractivity contribution in [2.75, 3.05) is 37.6 Å². The van der Waals surface area contributed by atoms with Gasteiger partial charge in [-0.2, -0.15) is 5.26 Å². The Labute approximate surface area is 151 Å². The van der Waals surface area contributed by atoms with Crippen LogP contribution >= 0.6 is 0 Å². The van der Waals surface area contributed by atoms with Crippen LogP contribution in [0.15, 0.2) is 24.3 Å². The highest BCUT2D eigenvalue weighted by molar-refractivity contribution is 5.99. The molecule has 2 aliphatic rings. The number of urea groups is 1. The standard InChI is InChI=1S/C18H21N5O3/c19-10-13-4-1-2-6-15(13)23-9-8-21(12-16(23)24)17(25)14-5-3-7-22(11-14)18(20)26/h1-2,4,6,14H,3,5,7-9,11-12H2,(H2,20,26)/t14-/m0/s1. The predicted molar refractivity (Wildman–Crippen MR) is 94.0 cm³/mol. The van der Waals surface area contributed by atoms with Gasteiger partial charge in [0.1, 0.15) is 12.6 Å². The molecule has 8 heteroatoms. The van der Waals surface area contributed by atoms with Gasteiger partial charge in [-0.3, -0.25) is 9.59 Å². The van der Waals surface area contributed by atoms with Crippen LogP contribution in [0.1, 0.15) is 18.4 Å². The van der Waals surface area contributed by atoms with E-state index >= 15 is 0 Å². The van der Waals surface area contributed by atoms with E-state index in [-0.39, 0.29) is 24.3 Å². The Balaban J connectivity index is 1.67. The molecule has 0 aliphatic carbocycles. The lowest BCUT2D eigenvalue weighted by molar-refractivity contribution is -0.141. The maximum atomic E-state index is 12.8. The molecule has 8 nitrogen and oxygen atoms in total. The lowest BCUT2D eigenvalue weighted by atomic mass is 9.96. The lowest BCUT2D eigenvalue weighted by Gasteiger charge is -2.38. The minimum absolute atomic E-state index is 0.0222. The van der Waals surface area contributed by atoms with Gasteiger partial charge in [-0.15, -0.1) is 0 Å². The molecule has 2 aliphatic heterocycles. The molecular formula is C18H21N5O3. The number of likely N-dealkylation sites (tertiary alicyclic amines) is 1. The molecule has 1 aromatic carbocycles. The lowest BCUT2D eigenvalue weighted by Crippen LogP contribution is -2.56. The van der Waals surface area contributed by atoms with Crippen LogP contribution in [0.2, 0.25) is 0 Å². The average molecular weight is 355 g/mol. The second-order valence-corrected chi connectivity index (χ2v) is 6.56. The summed E-state index contributed by atoms with van der Waals surface area (Å²) < 4.78 is 0. The highest BCUT2D eigenvalue weighted by atomic mass is 16.2. The van der Waals surface area contributed by atoms with E-state index in [4.69, 9.17) is 5.73 Å². The molecule has 1 aromatic rings. The van der Waals surface area contributed by atoms with E-state index in [0.717, 1.165) is 6.42 Å². The molecule has 26 heavy (non-hydrogen) atoms. The molecule has 2 saturated heterocycles. The third kappa shape index (κ3) is 3.47. The summed E-state index contributed by atoms with van der Waals surface area (Å²) in [5.41, 5.74) is 6.32. The fourth-order valence-corrected chi connectivity index (χ4v) is 3.56. The number of nitrogens with zero attached hydrogens (tertiary/aromatic N) is 4. The van der Waals surface area contributed by atoms with Crippen molar-refractivity contribution < 1.29 is 14.4 Å². The Kier molecular flexibility index (Phi) is 5.07. The van der Waals surface area contributed by atoms with Crippen molar-refractivity contribution in [1.82, 2.24) is 9.80 Å². The number of hydrogen-bond acceptors (Lipinski definition) is 4. The van der Waals surface area contributed by atoms with E-state index in [1.807, 2.05) is 0 Å². The van der Waals surface area contributed by atoms with Gasteiger partial charge in [0.2, 0.25) is 11.8 Å². The van der Waals surface area contributed by atoms with E-state index in [1.165, 1.54) is 4.90 Å². The first-order valence-electron chi connectivity index (χ1n) is 8.64. The number of piperazine rings is 1. The number of hydrogen-bond donors (Lipinski definition) is 1. The Bertz CT molecular complexity index is 772. The number of nitriles is 1. The zero-order valence-corrected chi connectivity index (χ0v) is 14.4. The van der Waals surface area contributed by atoms with Gasteiger partial charge in [-0.05, 0) is 25.0 Å². The summed E-state index contributed by atoms with van der Waals surface area (Å²) in [5.74, 6) is -0.644.